The zero-order valence-corrected chi connectivity index (χ0v) is 17.1. The van der Waals surface area contributed by atoms with E-state index in [4.69, 9.17) is 0 Å². The van der Waals surface area contributed by atoms with Crippen molar-refractivity contribution >= 4 is 17.8 Å². The van der Waals surface area contributed by atoms with Gasteiger partial charge in [0, 0.05) is 41.3 Å². The van der Waals surface area contributed by atoms with Crippen molar-refractivity contribution in [1.29, 1.82) is 0 Å². The summed E-state index contributed by atoms with van der Waals surface area (Å²) in [5.74, 6) is 0.969. The second-order valence-corrected chi connectivity index (χ2v) is 10.5. The Bertz CT molecular complexity index is 760. The molecule has 2 aliphatic rings. The molecule has 2 aromatic carbocycles. The zero-order valence-electron chi connectivity index (χ0n) is 16.2. The van der Waals surface area contributed by atoms with Gasteiger partial charge in [0.1, 0.15) is 7.14 Å². The first-order valence-electron chi connectivity index (χ1n) is 9.99. The van der Waals surface area contributed by atoms with E-state index in [9.17, 15) is 9.67 Å². The number of aliphatic hydroxyl groups excluding tert-OH is 1. The van der Waals surface area contributed by atoms with Crippen LogP contribution < -0.4 is 10.6 Å². The first-order valence-corrected chi connectivity index (χ1v) is 11.9. The van der Waals surface area contributed by atoms with Crippen LogP contribution in [0, 0.1) is 31.6 Å². The molecule has 1 aliphatic carbocycles. The maximum Gasteiger partial charge on any atom is 0.144 e. The minimum Gasteiger partial charge on any atom is -0.391 e. The highest BCUT2D eigenvalue weighted by Crippen LogP contribution is 2.47. The normalized spacial score (nSPS) is 24.8. The van der Waals surface area contributed by atoms with Crippen molar-refractivity contribution in [3.05, 3.63) is 92.3 Å². The Hall–Kier alpha value is -1.41. The quantitative estimate of drug-likeness (QED) is 0.554. The minimum absolute atomic E-state index is 0.118. The van der Waals surface area contributed by atoms with Crippen molar-refractivity contribution in [3.8, 4) is 0 Å². The van der Waals surface area contributed by atoms with E-state index in [2.05, 4.69) is 11.8 Å². The molecule has 4 rings (SSSR count). The summed E-state index contributed by atoms with van der Waals surface area (Å²) in [6.07, 6.45) is 8.90. The van der Waals surface area contributed by atoms with Gasteiger partial charge in [0.25, 0.3) is 0 Å². The van der Waals surface area contributed by atoms with Crippen molar-refractivity contribution in [2.24, 2.45) is 0 Å². The summed E-state index contributed by atoms with van der Waals surface area (Å²) in [4.78, 5) is 2.32. The van der Waals surface area contributed by atoms with E-state index in [1.807, 2.05) is 86.3 Å². The molecule has 1 saturated carbocycles. The van der Waals surface area contributed by atoms with Crippen LogP contribution in [-0.2, 0) is 4.57 Å². The third-order valence-electron chi connectivity index (χ3n) is 5.84. The molecule has 1 heterocycles. The zero-order chi connectivity index (χ0) is 19.6. The van der Waals surface area contributed by atoms with Gasteiger partial charge >= 0.3 is 0 Å². The molecule has 4 atom stereocenters. The highest BCUT2D eigenvalue weighted by molar-refractivity contribution is 7.78. The first kappa shape index (κ1) is 19.9. The number of aliphatic hydroxyl groups is 1. The molecular formula is C24H27NO2P. The minimum atomic E-state index is -2.75. The maximum absolute atomic E-state index is 14.3. The molecule has 2 fully saturated rings. The van der Waals surface area contributed by atoms with E-state index >= 15 is 0 Å². The molecule has 0 bridgehead atoms. The van der Waals surface area contributed by atoms with Gasteiger partial charge in [-0.2, -0.15) is 0 Å². The Morgan fingerprint density at radius 3 is 2.04 bits per heavy atom. The van der Waals surface area contributed by atoms with Crippen LogP contribution in [-0.4, -0.2) is 40.9 Å². The van der Waals surface area contributed by atoms with Crippen molar-refractivity contribution < 1.29 is 9.67 Å². The predicted octanol–water partition coefficient (Wildman–Crippen LogP) is 3.23. The van der Waals surface area contributed by atoms with Gasteiger partial charge in [0.2, 0.25) is 0 Å². The number of hydrogen-bond donors (Lipinski definition) is 1. The van der Waals surface area contributed by atoms with Crippen LogP contribution >= 0.6 is 7.14 Å². The smallest absolute Gasteiger partial charge is 0.144 e. The molecule has 0 aromatic heterocycles. The largest absolute Gasteiger partial charge is 0.391 e. The molecule has 1 unspecified atom stereocenters. The summed E-state index contributed by atoms with van der Waals surface area (Å²) >= 11 is 0. The molecule has 1 N–H and O–H groups in total. The fourth-order valence-corrected chi connectivity index (χ4v) is 7.23. The molecule has 3 nitrogen and oxygen atoms in total. The molecule has 4 heteroatoms. The molecule has 1 saturated heterocycles. The van der Waals surface area contributed by atoms with Gasteiger partial charge in [-0.15, -0.1) is 0 Å². The third-order valence-corrected chi connectivity index (χ3v) is 9.04. The van der Waals surface area contributed by atoms with E-state index in [1.165, 1.54) is 0 Å². The van der Waals surface area contributed by atoms with Gasteiger partial charge in [-0.3, -0.25) is 4.90 Å². The van der Waals surface area contributed by atoms with Crippen LogP contribution in [0.25, 0.3) is 0 Å². The Morgan fingerprint density at radius 2 is 1.54 bits per heavy atom. The van der Waals surface area contributed by atoms with Crippen molar-refractivity contribution in [3.63, 3.8) is 0 Å². The molecule has 28 heavy (non-hydrogen) atoms. The number of rotatable bonds is 8. The van der Waals surface area contributed by atoms with E-state index in [1.54, 1.807) is 0 Å². The Balaban J connectivity index is 1.55. The fraction of sp³-hybridized carbons (Fsp3) is 0.292. The monoisotopic (exact) mass is 392 g/mol. The molecule has 0 spiro atoms. The van der Waals surface area contributed by atoms with Crippen LogP contribution in [0.2, 0.25) is 0 Å². The fourth-order valence-electron chi connectivity index (χ4n) is 4.14. The van der Waals surface area contributed by atoms with Crippen molar-refractivity contribution in [1.82, 2.24) is 4.90 Å². The molecule has 1 aliphatic heterocycles. The van der Waals surface area contributed by atoms with Gasteiger partial charge in [0.15, 0.2) is 0 Å². The standard InChI is InChI=1S/C24H27NO2P/c1-2-20(25-17-23(25)24(26)19-11-9-10-12-19)18-28(27,21-13-5-3-6-14-21)22-15-7-4-8-16-22/h3-16,20,23-24,26H,2,17-18H2,1H3/t20-,23+,24-,25?/m1/s1. The van der Waals surface area contributed by atoms with Crippen LogP contribution in [0.15, 0.2) is 60.7 Å². The van der Waals surface area contributed by atoms with E-state index in [0.717, 1.165) is 29.5 Å². The third kappa shape index (κ3) is 3.99. The van der Waals surface area contributed by atoms with Gasteiger partial charge in [-0.25, -0.2) is 0 Å². The SMILES string of the molecule is CC[C@H](CP(=O)(c1ccccc1)c1ccccc1)N1C[C@H]1[C@H](O)[C]1[CH][CH][CH][CH]1. The highest BCUT2D eigenvalue weighted by Gasteiger charge is 2.48. The highest BCUT2D eigenvalue weighted by atomic mass is 31.2. The summed E-state index contributed by atoms with van der Waals surface area (Å²) in [6.45, 7) is 3.00. The second kappa shape index (κ2) is 8.53. The van der Waals surface area contributed by atoms with Crippen molar-refractivity contribution in [2.75, 3.05) is 12.7 Å². The van der Waals surface area contributed by atoms with Gasteiger partial charge in [0.05, 0.1) is 6.10 Å². The topological polar surface area (TPSA) is 40.3 Å². The molecule has 5 radical (unpaired) electrons. The van der Waals surface area contributed by atoms with Crippen LogP contribution in [0.1, 0.15) is 13.3 Å². The van der Waals surface area contributed by atoms with Crippen LogP contribution in [0.3, 0.4) is 0 Å². The Kier molecular flexibility index (Phi) is 6.06. The summed E-state index contributed by atoms with van der Waals surface area (Å²) in [5.41, 5.74) is 0. The van der Waals surface area contributed by atoms with Gasteiger partial charge < -0.3 is 9.67 Å². The number of benzene rings is 2. The van der Waals surface area contributed by atoms with E-state index in [0.29, 0.717) is 6.16 Å². The van der Waals surface area contributed by atoms with Crippen molar-refractivity contribution in [2.45, 2.75) is 31.5 Å². The summed E-state index contributed by atoms with van der Waals surface area (Å²) in [6, 6.07) is 20.0. The van der Waals surface area contributed by atoms with E-state index in [-0.39, 0.29) is 12.1 Å². The first-order chi connectivity index (χ1) is 13.6. The Labute approximate surface area is 169 Å². The summed E-state index contributed by atoms with van der Waals surface area (Å²) in [7, 11) is -2.75. The van der Waals surface area contributed by atoms with Crippen LogP contribution in [0.4, 0.5) is 0 Å². The molecule has 0 amide bonds. The molecule has 145 valence electrons. The van der Waals surface area contributed by atoms with Gasteiger partial charge in [-0.05, 0) is 32.1 Å². The second-order valence-electron chi connectivity index (χ2n) is 7.58. The summed E-state index contributed by atoms with van der Waals surface area (Å²) < 4.78 is 14.3. The maximum atomic E-state index is 14.3. The average Bonchev–Trinajstić information content (AvgIpc) is 3.35. The molecule has 2 aromatic rings. The van der Waals surface area contributed by atoms with Gasteiger partial charge in [-0.1, -0.05) is 67.6 Å². The predicted molar refractivity (Wildman–Crippen MR) is 116 cm³/mol. The average molecular weight is 392 g/mol. The van der Waals surface area contributed by atoms with E-state index < -0.39 is 13.2 Å². The lowest BCUT2D eigenvalue weighted by atomic mass is 9.98. The lowest BCUT2D eigenvalue weighted by Gasteiger charge is -2.27. The van der Waals surface area contributed by atoms with Crippen LogP contribution in [0.5, 0.6) is 0 Å². The number of nitrogens with zero attached hydrogens (tertiary/aromatic N) is 1. The lowest BCUT2D eigenvalue weighted by Crippen LogP contribution is -2.34. The molecular weight excluding hydrogens is 365 g/mol. The summed E-state index contributed by atoms with van der Waals surface area (Å²) in [5, 5.41) is 12.5. The lowest BCUT2D eigenvalue weighted by molar-refractivity contribution is 0.168. The Morgan fingerprint density at radius 1 is 1.00 bits per heavy atom. The number of hydrogen-bond acceptors (Lipinski definition) is 3.